The summed E-state index contributed by atoms with van der Waals surface area (Å²) >= 11 is 12.8. The third-order valence-electron chi connectivity index (χ3n) is 6.62. The van der Waals surface area contributed by atoms with Gasteiger partial charge in [-0.1, -0.05) is 89.9 Å². The highest BCUT2D eigenvalue weighted by Crippen LogP contribution is 2.49. The standard InChI is InChI=1S/C29H20Cl2N2O3/c30-20-14-15-23(24(31)17-20)26-25-27(36-33(26)21-11-5-2-6-12-21)29(35)32(28(25)34)22-13-7-10-19(16-22)18-8-3-1-4-9-18/h1-17,25-27H/t25-,26+,27+/m0/s1. The summed E-state index contributed by atoms with van der Waals surface area (Å²) in [5, 5.41) is 2.51. The van der Waals surface area contributed by atoms with E-state index in [0.717, 1.165) is 16.8 Å². The number of fused-ring (bicyclic) bond motifs is 1. The first-order valence-corrected chi connectivity index (χ1v) is 12.3. The van der Waals surface area contributed by atoms with Crippen LogP contribution < -0.4 is 9.96 Å². The summed E-state index contributed by atoms with van der Waals surface area (Å²) in [7, 11) is 0. The van der Waals surface area contributed by atoms with Gasteiger partial charge in [-0.25, -0.2) is 9.96 Å². The Balaban J connectivity index is 1.42. The molecule has 2 aliphatic heterocycles. The van der Waals surface area contributed by atoms with Gasteiger partial charge >= 0.3 is 0 Å². The van der Waals surface area contributed by atoms with Crippen LogP contribution in [-0.4, -0.2) is 17.9 Å². The van der Waals surface area contributed by atoms with Crippen molar-refractivity contribution in [3.63, 3.8) is 0 Å². The number of rotatable bonds is 4. The molecule has 4 aromatic carbocycles. The van der Waals surface area contributed by atoms with Crippen molar-refractivity contribution >= 4 is 46.4 Å². The van der Waals surface area contributed by atoms with E-state index in [9.17, 15) is 9.59 Å². The van der Waals surface area contributed by atoms with E-state index in [4.69, 9.17) is 28.0 Å². The van der Waals surface area contributed by atoms with Crippen molar-refractivity contribution in [2.45, 2.75) is 12.1 Å². The molecule has 2 fully saturated rings. The van der Waals surface area contributed by atoms with Gasteiger partial charge in [0.2, 0.25) is 5.91 Å². The van der Waals surface area contributed by atoms with E-state index in [0.29, 0.717) is 21.3 Å². The van der Waals surface area contributed by atoms with E-state index in [1.54, 1.807) is 29.3 Å². The lowest BCUT2D eigenvalue weighted by Gasteiger charge is -2.29. The molecular formula is C29H20Cl2N2O3. The summed E-state index contributed by atoms with van der Waals surface area (Å²) < 4.78 is 0. The first-order chi connectivity index (χ1) is 17.5. The monoisotopic (exact) mass is 514 g/mol. The number of carbonyl (C=O) groups is 2. The van der Waals surface area contributed by atoms with Crippen molar-refractivity contribution in [1.29, 1.82) is 0 Å². The van der Waals surface area contributed by atoms with E-state index in [1.165, 1.54) is 4.90 Å². The maximum Gasteiger partial charge on any atom is 0.266 e. The minimum absolute atomic E-state index is 0.329. The Morgan fingerprint density at radius 1 is 0.667 bits per heavy atom. The lowest BCUT2D eigenvalue weighted by molar-refractivity contribution is -0.126. The predicted molar refractivity (Wildman–Crippen MR) is 141 cm³/mol. The number of hydroxylamine groups is 1. The van der Waals surface area contributed by atoms with Gasteiger partial charge in [-0.05, 0) is 53.1 Å². The van der Waals surface area contributed by atoms with Crippen molar-refractivity contribution in [1.82, 2.24) is 0 Å². The van der Waals surface area contributed by atoms with Crippen LogP contribution in [0.15, 0.2) is 103 Å². The fourth-order valence-corrected chi connectivity index (χ4v) is 5.50. The lowest BCUT2D eigenvalue weighted by Crippen LogP contribution is -2.37. The van der Waals surface area contributed by atoms with E-state index in [-0.39, 0.29) is 5.91 Å². The summed E-state index contributed by atoms with van der Waals surface area (Å²) in [6.07, 6.45) is -0.977. The predicted octanol–water partition coefficient (Wildman–Crippen LogP) is 6.71. The highest BCUT2D eigenvalue weighted by molar-refractivity contribution is 6.35. The zero-order valence-electron chi connectivity index (χ0n) is 18.9. The number of anilines is 2. The van der Waals surface area contributed by atoms with Crippen LogP contribution in [-0.2, 0) is 14.4 Å². The number of hydrogen-bond donors (Lipinski definition) is 0. The highest BCUT2D eigenvalue weighted by atomic mass is 35.5. The molecule has 2 saturated heterocycles. The maximum absolute atomic E-state index is 13.9. The zero-order valence-corrected chi connectivity index (χ0v) is 20.4. The molecule has 0 radical (unpaired) electrons. The van der Waals surface area contributed by atoms with Gasteiger partial charge in [-0.15, -0.1) is 0 Å². The van der Waals surface area contributed by atoms with Crippen LogP contribution in [0, 0.1) is 5.92 Å². The second kappa shape index (κ2) is 9.10. The van der Waals surface area contributed by atoms with Crippen molar-refractivity contribution in [3.8, 4) is 11.1 Å². The quantitative estimate of drug-likeness (QED) is 0.284. The summed E-state index contributed by atoms with van der Waals surface area (Å²) in [6, 6.07) is 31.1. The molecule has 0 bridgehead atoms. The van der Waals surface area contributed by atoms with Crippen molar-refractivity contribution < 1.29 is 14.4 Å². The van der Waals surface area contributed by atoms with Crippen LogP contribution in [0.3, 0.4) is 0 Å². The molecule has 7 heteroatoms. The van der Waals surface area contributed by atoms with Gasteiger partial charge in [-0.2, -0.15) is 0 Å². The number of para-hydroxylation sites is 1. The van der Waals surface area contributed by atoms with Gasteiger partial charge in [-0.3, -0.25) is 14.4 Å². The normalized spacial score (nSPS) is 21.2. The van der Waals surface area contributed by atoms with Crippen LogP contribution in [0.1, 0.15) is 11.6 Å². The number of hydrogen-bond acceptors (Lipinski definition) is 4. The molecule has 6 rings (SSSR count). The van der Waals surface area contributed by atoms with Crippen molar-refractivity contribution in [3.05, 3.63) is 119 Å². The molecule has 0 N–H and O–H groups in total. The Kier molecular flexibility index (Phi) is 5.76. The Hall–Kier alpha value is -3.64. The molecule has 0 aromatic heterocycles. The molecule has 0 spiro atoms. The lowest BCUT2D eigenvalue weighted by atomic mass is 9.90. The van der Waals surface area contributed by atoms with Gasteiger partial charge in [0.1, 0.15) is 5.92 Å². The molecule has 0 saturated carbocycles. The fraction of sp³-hybridized carbons (Fsp3) is 0.103. The molecule has 36 heavy (non-hydrogen) atoms. The summed E-state index contributed by atoms with van der Waals surface area (Å²) in [5.41, 5.74) is 3.81. The number of halogens is 2. The van der Waals surface area contributed by atoms with Gasteiger partial charge < -0.3 is 0 Å². The van der Waals surface area contributed by atoms with Gasteiger partial charge in [0, 0.05) is 10.0 Å². The van der Waals surface area contributed by atoms with E-state index in [2.05, 4.69) is 0 Å². The van der Waals surface area contributed by atoms with Crippen molar-refractivity contribution in [2.75, 3.05) is 9.96 Å². The average molecular weight is 515 g/mol. The van der Waals surface area contributed by atoms with Crippen LogP contribution in [0.5, 0.6) is 0 Å². The Labute approximate surface area is 218 Å². The molecular weight excluding hydrogens is 495 g/mol. The highest BCUT2D eigenvalue weighted by Gasteiger charge is 2.60. The average Bonchev–Trinajstić information content (AvgIpc) is 3.41. The number of imide groups is 1. The molecule has 2 aliphatic rings. The molecule has 0 aliphatic carbocycles. The van der Waals surface area contributed by atoms with Gasteiger partial charge in [0.25, 0.3) is 5.91 Å². The Morgan fingerprint density at radius 2 is 1.33 bits per heavy atom. The third kappa shape index (κ3) is 3.77. The van der Waals surface area contributed by atoms with E-state index < -0.39 is 24.0 Å². The van der Waals surface area contributed by atoms with Crippen LogP contribution >= 0.6 is 23.2 Å². The van der Waals surface area contributed by atoms with Crippen LogP contribution in [0.4, 0.5) is 11.4 Å². The van der Waals surface area contributed by atoms with Crippen LogP contribution in [0.2, 0.25) is 10.0 Å². The van der Waals surface area contributed by atoms with Crippen LogP contribution in [0.25, 0.3) is 11.1 Å². The van der Waals surface area contributed by atoms with E-state index >= 15 is 0 Å². The molecule has 3 atom stereocenters. The molecule has 178 valence electrons. The summed E-state index contributed by atoms with van der Waals surface area (Å²) in [4.78, 5) is 35.0. The first kappa shape index (κ1) is 22.8. The Morgan fingerprint density at radius 3 is 2.06 bits per heavy atom. The van der Waals surface area contributed by atoms with Gasteiger partial charge in [0.15, 0.2) is 6.10 Å². The maximum atomic E-state index is 13.9. The molecule has 2 heterocycles. The zero-order chi connectivity index (χ0) is 24.8. The second-order valence-electron chi connectivity index (χ2n) is 8.75. The largest absolute Gasteiger partial charge is 0.273 e. The summed E-state index contributed by atoms with van der Waals surface area (Å²) in [6.45, 7) is 0. The minimum atomic E-state index is -0.977. The third-order valence-corrected chi connectivity index (χ3v) is 7.18. The Bertz CT molecular complexity index is 1460. The number of amides is 2. The van der Waals surface area contributed by atoms with Gasteiger partial charge in [0.05, 0.1) is 17.4 Å². The number of nitrogens with zero attached hydrogens (tertiary/aromatic N) is 2. The number of carbonyl (C=O) groups excluding carboxylic acids is 2. The van der Waals surface area contributed by atoms with E-state index in [1.807, 2.05) is 78.9 Å². The molecule has 5 nitrogen and oxygen atoms in total. The summed E-state index contributed by atoms with van der Waals surface area (Å²) in [5.74, 6) is -1.51. The molecule has 4 aromatic rings. The first-order valence-electron chi connectivity index (χ1n) is 11.5. The fourth-order valence-electron chi connectivity index (χ4n) is 4.98. The number of benzene rings is 4. The smallest absolute Gasteiger partial charge is 0.266 e. The minimum Gasteiger partial charge on any atom is -0.273 e. The SMILES string of the molecule is O=C1[C@H]2[C@@H](c3ccc(Cl)cc3Cl)N(c3ccccc3)O[C@H]2C(=O)N1c1cccc(-c2ccccc2)c1. The molecule has 2 amide bonds. The van der Waals surface area contributed by atoms with Crippen molar-refractivity contribution in [2.24, 2.45) is 5.92 Å². The second-order valence-corrected chi connectivity index (χ2v) is 9.60. The molecule has 0 unspecified atom stereocenters. The topological polar surface area (TPSA) is 49.9 Å².